The normalized spacial score (nSPS) is 10.7. The summed E-state index contributed by atoms with van der Waals surface area (Å²) in [6, 6.07) is 3.97. The lowest BCUT2D eigenvalue weighted by Gasteiger charge is -2.21. The van der Waals surface area contributed by atoms with E-state index in [1.54, 1.807) is 17.1 Å². The van der Waals surface area contributed by atoms with Crippen LogP contribution in [0.5, 0.6) is 0 Å². The number of aromatic nitrogens is 3. The summed E-state index contributed by atoms with van der Waals surface area (Å²) in [6.07, 6.45) is 4.40. The molecule has 0 aliphatic carbocycles. The highest BCUT2D eigenvalue weighted by Crippen LogP contribution is 2.15. The predicted molar refractivity (Wildman–Crippen MR) is 82.2 cm³/mol. The first kappa shape index (κ1) is 15.2. The molecule has 1 amide bonds. The molecule has 0 unspecified atom stereocenters. The van der Waals surface area contributed by atoms with Crippen LogP contribution in [-0.4, -0.2) is 38.7 Å². The fourth-order valence-electron chi connectivity index (χ4n) is 2.46. The molecule has 0 radical (unpaired) electrons. The Balaban J connectivity index is 2.12. The summed E-state index contributed by atoms with van der Waals surface area (Å²) in [7, 11) is 1.87. The zero-order valence-corrected chi connectivity index (χ0v) is 13.1. The first-order valence-electron chi connectivity index (χ1n) is 7.23. The van der Waals surface area contributed by atoms with Crippen molar-refractivity contribution in [3.63, 3.8) is 0 Å². The maximum Gasteiger partial charge on any atom is 0.257 e. The molecular weight excluding hydrogens is 264 g/mol. The molecule has 2 aromatic rings. The Kier molecular flexibility index (Phi) is 4.73. The van der Waals surface area contributed by atoms with E-state index in [-0.39, 0.29) is 5.91 Å². The Morgan fingerprint density at radius 3 is 2.48 bits per heavy atom. The van der Waals surface area contributed by atoms with Crippen LogP contribution in [0.25, 0.3) is 0 Å². The minimum absolute atomic E-state index is 0.0645. The molecule has 2 rings (SSSR count). The number of rotatable bonds is 5. The summed E-state index contributed by atoms with van der Waals surface area (Å²) in [6.45, 7) is 7.22. The molecule has 0 bridgehead atoms. The van der Waals surface area contributed by atoms with Gasteiger partial charge < -0.3 is 4.90 Å². The molecule has 0 fully saturated rings. The molecule has 0 saturated carbocycles. The lowest BCUT2D eigenvalue weighted by atomic mass is 10.1. The molecule has 0 aliphatic rings. The standard InChI is InChI=1S/C16H22N4O/c1-5-20(11-8-14-6-9-17-10-7-14)16(21)15-12(2)18-19(4)13(15)3/h6-7,9-10H,5,8,11H2,1-4H3. The van der Waals surface area contributed by atoms with Crippen LogP contribution in [-0.2, 0) is 13.5 Å². The zero-order chi connectivity index (χ0) is 15.4. The van der Waals surface area contributed by atoms with Gasteiger partial charge in [0.05, 0.1) is 11.3 Å². The Morgan fingerprint density at radius 1 is 1.29 bits per heavy atom. The van der Waals surface area contributed by atoms with E-state index in [2.05, 4.69) is 10.1 Å². The fraction of sp³-hybridized carbons (Fsp3) is 0.438. The molecule has 5 heteroatoms. The monoisotopic (exact) mass is 286 g/mol. The van der Waals surface area contributed by atoms with Gasteiger partial charge in [0.25, 0.3) is 5.91 Å². The summed E-state index contributed by atoms with van der Waals surface area (Å²) in [5.41, 5.74) is 3.63. The number of nitrogens with zero attached hydrogens (tertiary/aromatic N) is 4. The van der Waals surface area contributed by atoms with Gasteiger partial charge in [-0.3, -0.25) is 14.5 Å². The summed E-state index contributed by atoms with van der Waals surface area (Å²) in [5.74, 6) is 0.0645. The number of hydrogen-bond donors (Lipinski definition) is 0. The number of pyridine rings is 1. The van der Waals surface area contributed by atoms with E-state index in [0.29, 0.717) is 13.1 Å². The van der Waals surface area contributed by atoms with Crippen LogP contribution in [0.4, 0.5) is 0 Å². The second-order valence-electron chi connectivity index (χ2n) is 5.16. The molecule has 0 saturated heterocycles. The van der Waals surface area contributed by atoms with Crippen LogP contribution in [0.2, 0.25) is 0 Å². The maximum absolute atomic E-state index is 12.7. The minimum Gasteiger partial charge on any atom is -0.338 e. The smallest absolute Gasteiger partial charge is 0.257 e. The molecule has 112 valence electrons. The largest absolute Gasteiger partial charge is 0.338 e. The molecule has 0 aromatic carbocycles. The van der Waals surface area contributed by atoms with E-state index in [1.165, 1.54) is 5.56 Å². The highest BCUT2D eigenvalue weighted by atomic mass is 16.2. The van der Waals surface area contributed by atoms with Crippen molar-refractivity contribution in [1.82, 2.24) is 19.7 Å². The van der Waals surface area contributed by atoms with Crippen molar-refractivity contribution in [3.8, 4) is 0 Å². The molecular formula is C16H22N4O. The average Bonchev–Trinajstić information content (AvgIpc) is 2.73. The van der Waals surface area contributed by atoms with E-state index in [4.69, 9.17) is 0 Å². The van der Waals surface area contributed by atoms with Crippen LogP contribution < -0.4 is 0 Å². The Bertz CT molecular complexity index is 619. The van der Waals surface area contributed by atoms with Crippen LogP contribution in [0.1, 0.15) is 34.2 Å². The van der Waals surface area contributed by atoms with E-state index in [9.17, 15) is 4.79 Å². The molecule has 5 nitrogen and oxygen atoms in total. The van der Waals surface area contributed by atoms with Gasteiger partial charge in [-0.1, -0.05) is 0 Å². The Morgan fingerprint density at radius 2 is 1.95 bits per heavy atom. The predicted octanol–water partition coefficient (Wildman–Crippen LogP) is 2.14. The average molecular weight is 286 g/mol. The van der Waals surface area contributed by atoms with Crippen LogP contribution in [0.15, 0.2) is 24.5 Å². The van der Waals surface area contributed by atoms with E-state index in [1.807, 2.05) is 44.9 Å². The van der Waals surface area contributed by atoms with Crippen molar-refractivity contribution in [2.45, 2.75) is 27.2 Å². The van der Waals surface area contributed by atoms with Gasteiger partial charge in [-0.05, 0) is 44.9 Å². The summed E-state index contributed by atoms with van der Waals surface area (Å²) in [4.78, 5) is 18.6. The van der Waals surface area contributed by atoms with Crippen molar-refractivity contribution < 1.29 is 4.79 Å². The Hall–Kier alpha value is -2.17. The van der Waals surface area contributed by atoms with Gasteiger partial charge in [-0.2, -0.15) is 5.10 Å². The van der Waals surface area contributed by atoms with Crippen molar-refractivity contribution in [2.75, 3.05) is 13.1 Å². The summed E-state index contributed by atoms with van der Waals surface area (Å²) in [5, 5.41) is 4.33. The summed E-state index contributed by atoms with van der Waals surface area (Å²) >= 11 is 0. The lowest BCUT2D eigenvalue weighted by Crippen LogP contribution is -2.33. The maximum atomic E-state index is 12.7. The van der Waals surface area contributed by atoms with Gasteiger partial charge in [-0.25, -0.2) is 0 Å². The first-order valence-corrected chi connectivity index (χ1v) is 7.23. The molecule has 2 aromatic heterocycles. The third-order valence-electron chi connectivity index (χ3n) is 3.81. The molecule has 21 heavy (non-hydrogen) atoms. The second-order valence-corrected chi connectivity index (χ2v) is 5.16. The number of amides is 1. The fourth-order valence-corrected chi connectivity index (χ4v) is 2.46. The van der Waals surface area contributed by atoms with Crippen LogP contribution in [0.3, 0.4) is 0 Å². The summed E-state index contributed by atoms with van der Waals surface area (Å²) < 4.78 is 1.76. The molecule has 0 spiro atoms. The van der Waals surface area contributed by atoms with Gasteiger partial charge in [0, 0.05) is 38.2 Å². The highest BCUT2D eigenvalue weighted by molar-refractivity contribution is 5.96. The lowest BCUT2D eigenvalue weighted by molar-refractivity contribution is 0.0764. The second kappa shape index (κ2) is 6.52. The van der Waals surface area contributed by atoms with E-state index < -0.39 is 0 Å². The number of carbonyl (C=O) groups excluding carboxylic acids is 1. The van der Waals surface area contributed by atoms with Gasteiger partial charge >= 0.3 is 0 Å². The first-order chi connectivity index (χ1) is 10.0. The molecule has 0 N–H and O–H groups in total. The van der Waals surface area contributed by atoms with Crippen molar-refractivity contribution in [3.05, 3.63) is 47.0 Å². The third-order valence-corrected chi connectivity index (χ3v) is 3.81. The minimum atomic E-state index is 0.0645. The third kappa shape index (κ3) is 3.29. The van der Waals surface area contributed by atoms with Gasteiger partial charge in [0.1, 0.15) is 0 Å². The zero-order valence-electron chi connectivity index (χ0n) is 13.1. The van der Waals surface area contributed by atoms with Gasteiger partial charge in [0.2, 0.25) is 0 Å². The number of hydrogen-bond acceptors (Lipinski definition) is 3. The number of aryl methyl sites for hydroxylation is 2. The van der Waals surface area contributed by atoms with Gasteiger partial charge in [0.15, 0.2) is 0 Å². The van der Waals surface area contributed by atoms with Crippen LogP contribution in [0, 0.1) is 13.8 Å². The number of likely N-dealkylation sites (N-methyl/N-ethyl adjacent to an activating group) is 1. The van der Waals surface area contributed by atoms with E-state index in [0.717, 1.165) is 23.4 Å². The van der Waals surface area contributed by atoms with Crippen molar-refractivity contribution in [2.24, 2.45) is 7.05 Å². The quantitative estimate of drug-likeness (QED) is 0.846. The highest BCUT2D eigenvalue weighted by Gasteiger charge is 2.21. The van der Waals surface area contributed by atoms with Crippen molar-refractivity contribution in [1.29, 1.82) is 0 Å². The van der Waals surface area contributed by atoms with Gasteiger partial charge in [-0.15, -0.1) is 0 Å². The molecule has 0 atom stereocenters. The molecule has 2 heterocycles. The van der Waals surface area contributed by atoms with Crippen LogP contribution >= 0.6 is 0 Å². The topological polar surface area (TPSA) is 51.0 Å². The Labute approximate surface area is 125 Å². The molecule has 0 aliphatic heterocycles. The number of carbonyl (C=O) groups is 1. The van der Waals surface area contributed by atoms with Crippen molar-refractivity contribution >= 4 is 5.91 Å². The van der Waals surface area contributed by atoms with E-state index >= 15 is 0 Å². The SMILES string of the molecule is CCN(CCc1ccncc1)C(=O)c1c(C)nn(C)c1C.